The van der Waals surface area contributed by atoms with Crippen LogP contribution in [0.25, 0.3) is 0 Å². The van der Waals surface area contributed by atoms with Gasteiger partial charge < -0.3 is 9.80 Å². The zero-order valence-corrected chi connectivity index (χ0v) is 14.8. The predicted octanol–water partition coefficient (Wildman–Crippen LogP) is 4.28. The summed E-state index contributed by atoms with van der Waals surface area (Å²) in [7, 11) is 0. The number of carbonyl (C=O) groups is 1. The number of rotatable bonds is 2. The summed E-state index contributed by atoms with van der Waals surface area (Å²) in [5.41, 5.74) is 3.10. The standard InChI is InChI=1S/C20H21F3N2O/c1-14-3-4-15(2)18(13-14)24-9-11-25(12-10-24)19(26)16-5-7-17(8-6-16)20(21,22)23/h3-8,13H,9-12H2,1-2H3. The van der Waals surface area contributed by atoms with Gasteiger partial charge in [-0.2, -0.15) is 13.2 Å². The second-order valence-electron chi connectivity index (χ2n) is 6.64. The van der Waals surface area contributed by atoms with Gasteiger partial charge in [-0.25, -0.2) is 0 Å². The van der Waals surface area contributed by atoms with Crippen molar-refractivity contribution < 1.29 is 18.0 Å². The van der Waals surface area contributed by atoms with Gasteiger partial charge in [0, 0.05) is 37.4 Å². The van der Waals surface area contributed by atoms with E-state index in [1.165, 1.54) is 28.9 Å². The molecule has 1 heterocycles. The van der Waals surface area contributed by atoms with E-state index in [0.717, 1.165) is 12.1 Å². The average Bonchev–Trinajstić information content (AvgIpc) is 2.63. The van der Waals surface area contributed by atoms with Gasteiger partial charge in [-0.3, -0.25) is 4.79 Å². The van der Waals surface area contributed by atoms with E-state index >= 15 is 0 Å². The summed E-state index contributed by atoms with van der Waals surface area (Å²) < 4.78 is 37.9. The first kappa shape index (κ1) is 18.3. The first-order valence-corrected chi connectivity index (χ1v) is 8.54. The van der Waals surface area contributed by atoms with Crippen LogP contribution in [-0.2, 0) is 6.18 Å². The number of hydrogen-bond donors (Lipinski definition) is 0. The molecule has 0 spiro atoms. The Labute approximate surface area is 151 Å². The molecule has 1 saturated heterocycles. The monoisotopic (exact) mass is 362 g/mol. The fourth-order valence-corrected chi connectivity index (χ4v) is 3.19. The molecule has 1 aliphatic rings. The maximum absolute atomic E-state index is 12.6. The number of alkyl halides is 3. The minimum absolute atomic E-state index is 0.223. The van der Waals surface area contributed by atoms with Crippen molar-refractivity contribution >= 4 is 11.6 Å². The molecule has 0 saturated carbocycles. The molecule has 2 aromatic rings. The smallest absolute Gasteiger partial charge is 0.368 e. The predicted molar refractivity (Wildman–Crippen MR) is 95.5 cm³/mol. The number of anilines is 1. The highest BCUT2D eigenvalue weighted by molar-refractivity contribution is 5.94. The number of benzene rings is 2. The highest BCUT2D eigenvalue weighted by Crippen LogP contribution is 2.29. The van der Waals surface area contributed by atoms with Crippen LogP contribution in [0.1, 0.15) is 27.0 Å². The minimum Gasteiger partial charge on any atom is -0.368 e. The molecule has 1 amide bonds. The van der Waals surface area contributed by atoms with Crippen LogP contribution >= 0.6 is 0 Å². The van der Waals surface area contributed by atoms with Gasteiger partial charge in [0.25, 0.3) is 5.91 Å². The number of piperazine rings is 1. The average molecular weight is 362 g/mol. The van der Waals surface area contributed by atoms with Crippen molar-refractivity contribution in [2.24, 2.45) is 0 Å². The zero-order valence-electron chi connectivity index (χ0n) is 14.8. The van der Waals surface area contributed by atoms with Crippen molar-refractivity contribution in [3.8, 4) is 0 Å². The first-order valence-electron chi connectivity index (χ1n) is 8.54. The lowest BCUT2D eigenvalue weighted by Gasteiger charge is -2.37. The van der Waals surface area contributed by atoms with Crippen LogP contribution < -0.4 is 4.90 Å². The molecule has 0 atom stereocenters. The minimum atomic E-state index is -4.39. The van der Waals surface area contributed by atoms with Crippen molar-refractivity contribution in [3.05, 3.63) is 64.7 Å². The van der Waals surface area contributed by atoms with E-state index in [-0.39, 0.29) is 11.5 Å². The summed E-state index contributed by atoms with van der Waals surface area (Å²) in [6.45, 7) is 6.62. The Morgan fingerprint density at radius 2 is 1.54 bits per heavy atom. The van der Waals surface area contributed by atoms with Gasteiger partial charge in [-0.15, -0.1) is 0 Å². The molecule has 0 radical (unpaired) electrons. The third kappa shape index (κ3) is 3.84. The summed E-state index contributed by atoms with van der Waals surface area (Å²) >= 11 is 0. The Morgan fingerprint density at radius 1 is 0.923 bits per heavy atom. The van der Waals surface area contributed by atoms with Crippen LogP contribution in [0.4, 0.5) is 18.9 Å². The lowest BCUT2D eigenvalue weighted by molar-refractivity contribution is -0.137. The largest absolute Gasteiger partial charge is 0.416 e. The fourth-order valence-electron chi connectivity index (χ4n) is 3.19. The van der Waals surface area contributed by atoms with Crippen LogP contribution in [-0.4, -0.2) is 37.0 Å². The van der Waals surface area contributed by atoms with E-state index in [2.05, 4.69) is 30.0 Å². The summed E-state index contributed by atoms with van der Waals surface area (Å²) in [5, 5.41) is 0. The Balaban J connectivity index is 1.66. The Bertz CT molecular complexity index is 792. The van der Waals surface area contributed by atoms with E-state index in [0.29, 0.717) is 26.2 Å². The van der Waals surface area contributed by atoms with Crippen LogP contribution in [0.2, 0.25) is 0 Å². The molecule has 0 N–H and O–H groups in total. The first-order chi connectivity index (χ1) is 12.3. The van der Waals surface area contributed by atoms with E-state index in [1.54, 1.807) is 4.90 Å². The van der Waals surface area contributed by atoms with Gasteiger partial charge in [0.05, 0.1) is 5.56 Å². The number of nitrogens with zero attached hydrogens (tertiary/aromatic N) is 2. The second kappa shape index (κ2) is 7.02. The molecule has 0 bridgehead atoms. The molecule has 138 valence electrons. The van der Waals surface area contributed by atoms with E-state index in [9.17, 15) is 18.0 Å². The van der Waals surface area contributed by atoms with Crippen molar-refractivity contribution in [2.75, 3.05) is 31.1 Å². The summed E-state index contributed by atoms with van der Waals surface area (Å²) in [6, 6.07) is 10.7. The number of hydrogen-bond acceptors (Lipinski definition) is 2. The maximum atomic E-state index is 12.6. The van der Waals surface area contributed by atoms with Gasteiger partial charge in [-0.05, 0) is 55.3 Å². The van der Waals surface area contributed by atoms with Crippen LogP contribution in [0.15, 0.2) is 42.5 Å². The van der Waals surface area contributed by atoms with E-state index < -0.39 is 11.7 Å². The van der Waals surface area contributed by atoms with Gasteiger partial charge in [0.2, 0.25) is 0 Å². The fraction of sp³-hybridized carbons (Fsp3) is 0.350. The van der Waals surface area contributed by atoms with Gasteiger partial charge in [0.15, 0.2) is 0 Å². The van der Waals surface area contributed by atoms with Crippen LogP contribution in [0.3, 0.4) is 0 Å². The molecule has 6 heteroatoms. The quantitative estimate of drug-likeness (QED) is 0.796. The SMILES string of the molecule is Cc1ccc(C)c(N2CCN(C(=O)c3ccc(C(F)(F)F)cc3)CC2)c1. The number of halogens is 3. The van der Waals surface area contributed by atoms with Crippen molar-refractivity contribution in [3.63, 3.8) is 0 Å². The molecule has 1 fully saturated rings. The molecule has 0 aliphatic carbocycles. The molecule has 1 aliphatic heterocycles. The Kier molecular flexibility index (Phi) is 4.94. The maximum Gasteiger partial charge on any atom is 0.416 e. The number of amides is 1. The zero-order chi connectivity index (χ0) is 18.9. The van der Waals surface area contributed by atoms with E-state index in [4.69, 9.17) is 0 Å². The Hall–Kier alpha value is -2.50. The summed E-state index contributed by atoms with van der Waals surface area (Å²) in [5.74, 6) is -0.223. The van der Waals surface area contributed by atoms with Crippen molar-refractivity contribution in [1.29, 1.82) is 0 Å². The van der Waals surface area contributed by atoms with Gasteiger partial charge >= 0.3 is 6.18 Å². The van der Waals surface area contributed by atoms with Crippen LogP contribution in [0, 0.1) is 13.8 Å². The van der Waals surface area contributed by atoms with Gasteiger partial charge in [-0.1, -0.05) is 12.1 Å². The van der Waals surface area contributed by atoms with Crippen molar-refractivity contribution in [2.45, 2.75) is 20.0 Å². The summed E-state index contributed by atoms with van der Waals surface area (Å²) in [6.07, 6.45) is -4.39. The van der Waals surface area contributed by atoms with Crippen molar-refractivity contribution in [1.82, 2.24) is 4.90 Å². The molecule has 26 heavy (non-hydrogen) atoms. The highest BCUT2D eigenvalue weighted by atomic mass is 19.4. The third-order valence-corrected chi connectivity index (χ3v) is 4.73. The molecule has 3 rings (SSSR count). The molecule has 0 unspecified atom stereocenters. The van der Waals surface area contributed by atoms with Gasteiger partial charge in [0.1, 0.15) is 0 Å². The lowest BCUT2D eigenvalue weighted by atomic mass is 10.1. The molecule has 2 aromatic carbocycles. The third-order valence-electron chi connectivity index (χ3n) is 4.73. The lowest BCUT2D eigenvalue weighted by Crippen LogP contribution is -2.49. The Morgan fingerprint density at radius 3 is 2.12 bits per heavy atom. The number of carbonyl (C=O) groups excluding carboxylic acids is 1. The number of aryl methyl sites for hydroxylation is 2. The van der Waals surface area contributed by atoms with Crippen LogP contribution in [0.5, 0.6) is 0 Å². The molecular weight excluding hydrogens is 341 g/mol. The highest BCUT2D eigenvalue weighted by Gasteiger charge is 2.30. The molecular formula is C20H21F3N2O. The topological polar surface area (TPSA) is 23.6 Å². The molecule has 3 nitrogen and oxygen atoms in total. The normalized spacial score (nSPS) is 15.3. The second-order valence-corrected chi connectivity index (χ2v) is 6.64. The van der Waals surface area contributed by atoms with E-state index in [1.807, 2.05) is 6.92 Å². The molecule has 0 aromatic heterocycles. The summed E-state index contributed by atoms with van der Waals surface area (Å²) in [4.78, 5) is 16.5.